The van der Waals surface area contributed by atoms with Crippen LogP contribution in [0.5, 0.6) is 0 Å². The molecule has 8 nitrogen and oxygen atoms in total. The van der Waals surface area contributed by atoms with Crippen molar-refractivity contribution in [1.82, 2.24) is 9.13 Å². The zero-order valence-electron chi connectivity index (χ0n) is 34.4. The van der Waals surface area contributed by atoms with E-state index in [-0.39, 0.29) is 57.7 Å². The van der Waals surface area contributed by atoms with E-state index in [0.717, 1.165) is 27.6 Å². The molecular formula is C55H27F3N8. The first-order valence-electron chi connectivity index (χ1n) is 20.5. The zero-order valence-corrected chi connectivity index (χ0v) is 34.4. The molecule has 1 aliphatic rings. The van der Waals surface area contributed by atoms with E-state index in [4.69, 9.17) is 13.1 Å². The number of aromatic nitrogens is 2. The highest BCUT2D eigenvalue weighted by atomic mass is 19.4. The van der Waals surface area contributed by atoms with Crippen LogP contribution in [0, 0.1) is 58.5 Å². The van der Waals surface area contributed by atoms with E-state index in [0.29, 0.717) is 55.6 Å². The van der Waals surface area contributed by atoms with Gasteiger partial charge in [-0.3, -0.25) is 0 Å². The number of benzene rings is 7. The Labute approximate surface area is 375 Å². The number of allylic oxidation sites excluding steroid dienone is 4. The predicted molar refractivity (Wildman–Crippen MR) is 248 cm³/mol. The Morgan fingerprint density at radius 1 is 0.515 bits per heavy atom. The molecule has 0 unspecified atom stereocenters. The number of fused-ring (bicyclic) bond motifs is 6. The lowest BCUT2D eigenvalue weighted by Gasteiger charge is -2.25. The number of para-hydroxylation sites is 2. The quantitative estimate of drug-likeness (QED) is 0.160. The minimum Gasteiger partial charge on any atom is -0.309 e. The van der Waals surface area contributed by atoms with E-state index in [1.54, 1.807) is 36.4 Å². The van der Waals surface area contributed by atoms with Gasteiger partial charge in [0, 0.05) is 32.7 Å². The molecule has 308 valence electrons. The van der Waals surface area contributed by atoms with Crippen LogP contribution < -0.4 is 0 Å². The molecule has 7 aromatic carbocycles. The molecule has 0 atom stereocenters. The molecule has 2 heterocycles. The van der Waals surface area contributed by atoms with E-state index in [2.05, 4.69) is 34.0 Å². The van der Waals surface area contributed by atoms with Crippen molar-refractivity contribution in [3.63, 3.8) is 0 Å². The van der Waals surface area contributed by atoms with Gasteiger partial charge in [-0.1, -0.05) is 84.9 Å². The van der Waals surface area contributed by atoms with Crippen LogP contribution in [0.4, 0.5) is 18.9 Å². The molecule has 0 N–H and O–H groups in total. The molecule has 0 amide bonds. The van der Waals surface area contributed by atoms with Crippen LogP contribution in [0.2, 0.25) is 0 Å². The first kappa shape index (κ1) is 40.4. The summed E-state index contributed by atoms with van der Waals surface area (Å²) in [6.07, 6.45) is -3.65. The van der Waals surface area contributed by atoms with E-state index < -0.39 is 11.7 Å². The van der Waals surface area contributed by atoms with Crippen LogP contribution in [-0.2, 0) is 0 Å². The van der Waals surface area contributed by atoms with Crippen LogP contribution in [-0.4, -0.2) is 15.3 Å². The van der Waals surface area contributed by atoms with Gasteiger partial charge >= 0.3 is 6.18 Å². The second-order valence-electron chi connectivity index (χ2n) is 15.7. The Morgan fingerprint density at radius 2 is 1.08 bits per heavy atom. The third-order valence-corrected chi connectivity index (χ3v) is 12.2. The Morgan fingerprint density at radius 3 is 1.64 bits per heavy atom. The monoisotopic (exact) mass is 856 g/mol. The minimum atomic E-state index is -4.85. The number of hydrogen-bond acceptors (Lipinski definition) is 4. The van der Waals surface area contributed by atoms with Gasteiger partial charge in [-0.25, -0.2) is 9.69 Å². The topological polar surface area (TPSA) is 114 Å². The second-order valence-corrected chi connectivity index (χ2v) is 15.7. The van der Waals surface area contributed by atoms with E-state index in [9.17, 15) is 21.0 Å². The Bertz CT molecular complexity index is 3950. The molecule has 0 spiro atoms. The Kier molecular flexibility index (Phi) is 9.56. The predicted octanol–water partition coefficient (Wildman–Crippen LogP) is 14.2. The van der Waals surface area contributed by atoms with Gasteiger partial charge in [0.15, 0.2) is 11.4 Å². The molecule has 0 saturated heterocycles. The molecule has 1 aliphatic carbocycles. The van der Waals surface area contributed by atoms with E-state index >= 15 is 13.2 Å². The molecule has 10 rings (SSSR count). The summed E-state index contributed by atoms with van der Waals surface area (Å²) in [6.45, 7) is 15.7. The first-order chi connectivity index (χ1) is 32.1. The lowest BCUT2D eigenvalue weighted by molar-refractivity contribution is -0.0875. The van der Waals surface area contributed by atoms with Crippen molar-refractivity contribution in [3.8, 4) is 57.9 Å². The number of alkyl halides is 3. The Balaban J connectivity index is 1.34. The summed E-state index contributed by atoms with van der Waals surface area (Å²) >= 11 is 0. The van der Waals surface area contributed by atoms with Crippen LogP contribution in [0.15, 0.2) is 151 Å². The van der Waals surface area contributed by atoms with Gasteiger partial charge in [-0.2, -0.15) is 34.2 Å². The van der Waals surface area contributed by atoms with Crippen molar-refractivity contribution in [2.75, 3.05) is 0 Å². The molecule has 0 radical (unpaired) electrons. The average molecular weight is 857 g/mol. The lowest BCUT2D eigenvalue weighted by Crippen LogP contribution is -2.18. The maximum Gasteiger partial charge on any atom is 0.415 e. The summed E-state index contributed by atoms with van der Waals surface area (Å²) in [7, 11) is 0. The fourth-order valence-corrected chi connectivity index (χ4v) is 9.34. The van der Waals surface area contributed by atoms with Gasteiger partial charge in [0.25, 0.3) is 0 Å². The summed E-state index contributed by atoms with van der Waals surface area (Å²) in [6, 6.07) is 47.8. The van der Waals surface area contributed by atoms with Crippen LogP contribution in [0.25, 0.3) is 92.5 Å². The molecule has 0 fully saturated rings. The number of halogens is 3. The number of nitrogens with zero attached hydrogens (tertiary/aromatic N) is 8. The Hall–Kier alpha value is -9.65. The zero-order chi connectivity index (χ0) is 45.9. The number of nitriles is 4. The van der Waals surface area contributed by atoms with Gasteiger partial charge in [-0.15, -0.1) is 0 Å². The van der Waals surface area contributed by atoms with Crippen molar-refractivity contribution in [3.05, 3.63) is 201 Å². The normalized spacial score (nSPS) is 12.6. The van der Waals surface area contributed by atoms with Gasteiger partial charge in [0.2, 0.25) is 0 Å². The molecule has 0 aliphatic heterocycles. The van der Waals surface area contributed by atoms with Gasteiger partial charge in [-0.05, 0) is 101 Å². The number of rotatable bonds is 5. The molecule has 0 saturated carbocycles. The summed E-state index contributed by atoms with van der Waals surface area (Å²) in [5.41, 5.74) is 5.39. The molecule has 66 heavy (non-hydrogen) atoms. The third kappa shape index (κ3) is 6.33. The highest BCUT2D eigenvalue weighted by Gasteiger charge is 2.40. The molecular weight excluding hydrogens is 830 g/mol. The van der Waals surface area contributed by atoms with Crippen molar-refractivity contribution < 1.29 is 13.2 Å². The van der Waals surface area contributed by atoms with Crippen LogP contribution >= 0.6 is 0 Å². The fraction of sp³-hybridized carbons (Fsp3) is 0.0545. The molecule has 9 aromatic rings. The van der Waals surface area contributed by atoms with Crippen molar-refractivity contribution in [2.24, 2.45) is 0 Å². The second kappa shape index (κ2) is 15.6. The first-order valence-corrected chi connectivity index (χ1v) is 20.5. The smallest absolute Gasteiger partial charge is 0.309 e. The maximum absolute atomic E-state index is 15.4. The van der Waals surface area contributed by atoms with Crippen LogP contribution in [0.1, 0.15) is 40.7 Å². The number of hydrogen-bond donors (Lipinski definition) is 0. The van der Waals surface area contributed by atoms with E-state index in [1.807, 2.05) is 94.1 Å². The standard InChI is InChI=1S/C55H27F3N8/c1-63-38-17-21-40(36(23-38)30-61)34-16-20-44-42-9-4-6-13-49(42)66(52(44)25-34)53-26-37(31-62)50(27-45(53)54-46(55(56,57)58)10-7-11-47(54)64-2)65-48-12-5-3-8-41(48)43-19-15-33(24-51(43)65)39-18-14-32(28-59)22-35(39)29-60/h3-6,8-10,12-27H,7,11H2. The third-order valence-electron chi connectivity index (χ3n) is 12.2. The fourth-order valence-electron chi connectivity index (χ4n) is 9.34. The van der Waals surface area contributed by atoms with E-state index in [1.165, 1.54) is 12.1 Å². The SMILES string of the molecule is [C-]#[N+]C1=C(c2cc(-n3c4ccccc4c4ccc(-c5ccc(C#N)cc5C#N)cc43)c(C#N)cc2-n2c3ccccc3c3ccc(-c4ccc([N+]#[C-])cc4C#N)cc32)C(C(F)(F)F)=CCC1. The van der Waals surface area contributed by atoms with Crippen molar-refractivity contribution in [1.29, 1.82) is 21.0 Å². The van der Waals surface area contributed by atoms with Crippen molar-refractivity contribution >= 4 is 54.9 Å². The van der Waals surface area contributed by atoms with Gasteiger partial charge < -0.3 is 9.13 Å². The summed E-state index contributed by atoms with van der Waals surface area (Å²) in [5, 5.41) is 44.1. The lowest BCUT2D eigenvalue weighted by atomic mass is 9.87. The molecule has 11 heteroatoms. The highest BCUT2D eigenvalue weighted by molar-refractivity contribution is 6.12. The highest BCUT2D eigenvalue weighted by Crippen LogP contribution is 2.48. The largest absolute Gasteiger partial charge is 0.415 e. The van der Waals surface area contributed by atoms with Gasteiger partial charge in [0.05, 0.1) is 81.5 Å². The van der Waals surface area contributed by atoms with Crippen LogP contribution in [0.3, 0.4) is 0 Å². The van der Waals surface area contributed by atoms with Crippen molar-refractivity contribution in [2.45, 2.75) is 19.0 Å². The molecule has 0 bridgehead atoms. The molecule has 2 aromatic heterocycles. The maximum atomic E-state index is 15.4. The van der Waals surface area contributed by atoms with Gasteiger partial charge in [0.1, 0.15) is 6.07 Å². The summed E-state index contributed by atoms with van der Waals surface area (Å²) in [5.74, 6) is 0. The minimum absolute atomic E-state index is 0.0104. The summed E-state index contributed by atoms with van der Waals surface area (Å²) in [4.78, 5) is 7.20. The summed E-state index contributed by atoms with van der Waals surface area (Å²) < 4.78 is 50.0. The average Bonchev–Trinajstić information content (AvgIpc) is 3.86.